The first-order valence-corrected chi connectivity index (χ1v) is 7.06. The van der Waals surface area contributed by atoms with Crippen molar-refractivity contribution in [2.45, 2.75) is 32.2 Å². The third-order valence-corrected chi connectivity index (χ3v) is 4.48. The molecule has 0 atom stereocenters. The lowest BCUT2D eigenvalue weighted by molar-refractivity contribution is 0.196. The summed E-state index contributed by atoms with van der Waals surface area (Å²) in [5.41, 5.74) is 1.81. The van der Waals surface area contributed by atoms with Gasteiger partial charge in [0.1, 0.15) is 0 Å². The molecule has 94 valence electrons. The molecule has 1 aliphatic rings. The van der Waals surface area contributed by atoms with Crippen molar-refractivity contribution in [3.8, 4) is 0 Å². The van der Waals surface area contributed by atoms with Gasteiger partial charge in [-0.05, 0) is 48.8 Å². The van der Waals surface area contributed by atoms with E-state index in [0.717, 1.165) is 12.3 Å². The van der Waals surface area contributed by atoms with Crippen molar-refractivity contribution in [2.24, 2.45) is 5.41 Å². The van der Waals surface area contributed by atoms with Crippen LogP contribution in [0.3, 0.4) is 0 Å². The van der Waals surface area contributed by atoms with Gasteiger partial charge >= 0.3 is 0 Å². The summed E-state index contributed by atoms with van der Waals surface area (Å²) in [6.45, 7) is 2.18. The van der Waals surface area contributed by atoms with E-state index in [9.17, 15) is 0 Å². The lowest BCUT2D eigenvalue weighted by Gasteiger charge is -2.32. The van der Waals surface area contributed by atoms with Crippen LogP contribution in [0.5, 0.6) is 0 Å². The van der Waals surface area contributed by atoms with Crippen LogP contribution < -0.4 is 0 Å². The van der Waals surface area contributed by atoms with Crippen LogP contribution >= 0.6 is 12.6 Å². The fourth-order valence-electron chi connectivity index (χ4n) is 2.92. The molecule has 0 spiro atoms. The van der Waals surface area contributed by atoms with E-state index in [4.69, 9.17) is 0 Å². The summed E-state index contributed by atoms with van der Waals surface area (Å²) >= 11 is 4.57. The van der Waals surface area contributed by atoms with Crippen molar-refractivity contribution in [2.75, 3.05) is 19.3 Å². The van der Waals surface area contributed by atoms with Crippen LogP contribution in [0.2, 0.25) is 0 Å². The molecular formula is C14H22N2S. The van der Waals surface area contributed by atoms with Crippen LogP contribution in [-0.4, -0.2) is 29.2 Å². The highest BCUT2D eigenvalue weighted by Crippen LogP contribution is 2.39. The Labute approximate surface area is 110 Å². The van der Waals surface area contributed by atoms with Crippen LogP contribution in [0.25, 0.3) is 0 Å². The summed E-state index contributed by atoms with van der Waals surface area (Å²) in [4.78, 5) is 6.48. The molecule has 1 aromatic heterocycles. The van der Waals surface area contributed by atoms with Crippen molar-refractivity contribution in [3.05, 3.63) is 30.1 Å². The van der Waals surface area contributed by atoms with E-state index in [1.807, 2.05) is 12.4 Å². The molecule has 0 saturated heterocycles. The van der Waals surface area contributed by atoms with Gasteiger partial charge in [0, 0.05) is 25.5 Å². The second-order valence-corrected chi connectivity index (χ2v) is 5.71. The molecule has 2 rings (SSSR count). The van der Waals surface area contributed by atoms with Gasteiger partial charge < -0.3 is 4.90 Å². The molecule has 17 heavy (non-hydrogen) atoms. The molecule has 0 N–H and O–H groups in total. The molecule has 1 fully saturated rings. The van der Waals surface area contributed by atoms with Gasteiger partial charge in [0.2, 0.25) is 0 Å². The minimum absolute atomic E-state index is 0.463. The Morgan fingerprint density at radius 1 is 1.29 bits per heavy atom. The summed E-state index contributed by atoms with van der Waals surface area (Å²) < 4.78 is 0. The van der Waals surface area contributed by atoms with Crippen LogP contribution in [-0.2, 0) is 6.54 Å². The summed E-state index contributed by atoms with van der Waals surface area (Å²) in [6.07, 6.45) is 9.18. The van der Waals surface area contributed by atoms with Gasteiger partial charge in [0.15, 0.2) is 0 Å². The summed E-state index contributed by atoms with van der Waals surface area (Å²) in [5, 5.41) is 0. The van der Waals surface area contributed by atoms with Crippen LogP contribution in [0.15, 0.2) is 24.5 Å². The van der Waals surface area contributed by atoms with Crippen molar-refractivity contribution >= 4 is 12.6 Å². The number of rotatable bonds is 5. The van der Waals surface area contributed by atoms with E-state index < -0.39 is 0 Å². The second kappa shape index (κ2) is 5.87. The molecule has 0 aromatic carbocycles. The lowest BCUT2D eigenvalue weighted by atomic mass is 9.88. The number of aromatic nitrogens is 1. The zero-order chi connectivity index (χ0) is 12.1. The minimum Gasteiger partial charge on any atom is -0.302 e. The number of nitrogens with zero attached hydrogens (tertiary/aromatic N) is 2. The van der Waals surface area contributed by atoms with E-state index in [-0.39, 0.29) is 0 Å². The van der Waals surface area contributed by atoms with Crippen LogP contribution in [0, 0.1) is 5.41 Å². The molecule has 2 nitrogen and oxygen atoms in total. The molecule has 1 heterocycles. The Kier molecular flexibility index (Phi) is 4.46. The van der Waals surface area contributed by atoms with Gasteiger partial charge in [-0.1, -0.05) is 12.8 Å². The van der Waals surface area contributed by atoms with E-state index in [1.54, 1.807) is 0 Å². The fourth-order valence-corrected chi connectivity index (χ4v) is 3.34. The topological polar surface area (TPSA) is 16.1 Å². The highest BCUT2D eigenvalue weighted by Gasteiger charge is 2.33. The van der Waals surface area contributed by atoms with Crippen molar-refractivity contribution in [3.63, 3.8) is 0 Å². The highest BCUT2D eigenvalue weighted by atomic mass is 32.1. The maximum absolute atomic E-state index is 4.57. The average molecular weight is 250 g/mol. The summed E-state index contributed by atoms with van der Waals surface area (Å²) in [6, 6.07) is 4.19. The van der Waals surface area contributed by atoms with E-state index in [2.05, 4.69) is 41.7 Å². The molecule has 0 radical (unpaired) electrons. The molecule has 3 heteroatoms. The Morgan fingerprint density at radius 2 is 1.94 bits per heavy atom. The Hall–Kier alpha value is -0.540. The average Bonchev–Trinajstić information content (AvgIpc) is 2.79. The third-order valence-electron chi connectivity index (χ3n) is 3.81. The van der Waals surface area contributed by atoms with E-state index in [1.165, 1.54) is 37.8 Å². The molecular weight excluding hydrogens is 228 g/mol. The largest absolute Gasteiger partial charge is 0.302 e. The normalized spacial score (nSPS) is 18.8. The molecule has 0 bridgehead atoms. The maximum Gasteiger partial charge on any atom is 0.0271 e. The predicted octanol–water partition coefficient (Wildman–Crippen LogP) is 3.00. The SMILES string of the molecule is CN(Cc1ccncc1)CC1(CS)CCCC1. The first-order chi connectivity index (χ1) is 8.24. The minimum atomic E-state index is 0.463. The zero-order valence-corrected chi connectivity index (χ0v) is 11.5. The molecule has 0 unspecified atom stereocenters. The monoisotopic (exact) mass is 250 g/mol. The van der Waals surface area contributed by atoms with Gasteiger partial charge in [0.25, 0.3) is 0 Å². The van der Waals surface area contributed by atoms with Crippen molar-refractivity contribution in [1.29, 1.82) is 0 Å². The Morgan fingerprint density at radius 3 is 2.53 bits per heavy atom. The summed E-state index contributed by atoms with van der Waals surface area (Å²) in [7, 11) is 2.21. The lowest BCUT2D eigenvalue weighted by Crippen LogP contribution is -2.34. The van der Waals surface area contributed by atoms with Gasteiger partial charge in [-0.15, -0.1) is 0 Å². The smallest absolute Gasteiger partial charge is 0.0271 e. The standard InChI is InChI=1S/C14H22N2S/c1-16(10-13-4-8-15-9-5-13)11-14(12-17)6-2-3-7-14/h4-5,8-9,17H,2-3,6-7,10-12H2,1H3. The van der Waals surface area contributed by atoms with E-state index >= 15 is 0 Å². The maximum atomic E-state index is 4.57. The number of thiol groups is 1. The summed E-state index contributed by atoms with van der Waals surface area (Å²) in [5.74, 6) is 1.02. The van der Waals surface area contributed by atoms with Crippen molar-refractivity contribution in [1.82, 2.24) is 9.88 Å². The van der Waals surface area contributed by atoms with E-state index in [0.29, 0.717) is 5.41 Å². The van der Waals surface area contributed by atoms with Crippen LogP contribution in [0.4, 0.5) is 0 Å². The molecule has 0 amide bonds. The number of pyridine rings is 1. The first-order valence-electron chi connectivity index (χ1n) is 6.42. The molecule has 1 aliphatic carbocycles. The Bertz CT molecular complexity index is 333. The molecule has 1 saturated carbocycles. The van der Waals surface area contributed by atoms with Gasteiger partial charge in [0.05, 0.1) is 0 Å². The van der Waals surface area contributed by atoms with Gasteiger partial charge in [-0.3, -0.25) is 4.98 Å². The zero-order valence-electron chi connectivity index (χ0n) is 10.6. The van der Waals surface area contributed by atoms with Crippen molar-refractivity contribution < 1.29 is 0 Å². The molecule has 1 aromatic rings. The Balaban J connectivity index is 1.90. The predicted molar refractivity (Wildman–Crippen MR) is 75.3 cm³/mol. The highest BCUT2D eigenvalue weighted by molar-refractivity contribution is 7.80. The number of hydrogen-bond donors (Lipinski definition) is 1. The van der Waals surface area contributed by atoms with Crippen LogP contribution in [0.1, 0.15) is 31.2 Å². The molecule has 0 aliphatic heterocycles. The van der Waals surface area contributed by atoms with Gasteiger partial charge in [-0.25, -0.2) is 0 Å². The van der Waals surface area contributed by atoms with Gasteiger partial charge in [-0.2, -0.15) is 12.6 Å². The number of hydrogen-bond acceptors (Lipinski definition) is 3. The third kappa shape index (κ3) is 3.46. The quantitative estimate of drug-likeness (QED) is 0.809. The second-order valence-electron chi connectivity index (χ2n) is 5.39. The first kappa shape index (κ1) is 12.9. The fraction of sp³-hybridized carbons (Fsp3) is 0.643.